The second kappa shape index (κ2) is 12.2. The van der Waals surface area contributed by atoms with Crippen LogP contribution in [-0.4, -0.2) is 67.4 Å². The molecular weight excluding hydrogens is 696 g/mol. The molecule has 0 radical (unpaired) electrons. The zero-order valence-corrected chi connectivity index (χ0v) is 31.1. The average molecular weight is 744 g/mol. The largest absolute Gasteiger partial charge is 0.497 e. The van der Waals surface area contributed by atoms with Crippen molar-refractivity contribution in [3.63, 3.8) is 0 Å². The summed E-state index contributed by atoms with van der Waals surface area (Å²) in [5.74, 6) is 0.115. The van der Waals surface area contributed by atoms with Crippen LogP contribution in [0.25, 0.3) is 0 Å². The van der Waals surface area contributed by atoms with Crippen molar-refractivity contribution in [2.45, 2.75) is 83.2 Å². The summed E-state index contributed by atoms with van der Waals surface area (Å²) in [5, 5.41) is 23.8. The van der Waals surface area contributed by atoms with E-state index in [4.69, 9.17) is 9.47 Å². The fourth-order valence-corrected chi connectivity index (χ4v) is 12.2. The maximum Gasteiger partial charge on any atom is 0.416 e. The lowest BCUT2D eigenvalue weighted by Crippen LogP contribution is -2.67. The zero-order chi connectivity index (χ0) is 37.7. The van der Waals surface area contributed by atoms with Gasteiger partial charge in [0.15, 0.2) is 5.78 Å². The van der Waals surface area contributed by atoms with Gasteiger partial charge in [0, 0.05) is 52.1 Å². The first-order chi connectivity index (χ1) is 24.3. The van der Waals surface area contributed by atoms with Crippen LogP contribution in [0.15, 0.2) is 66.3 Å². The highest BCUT2D eigenvalue weighted by atomic mass is 32.2. The number of hydrogen-bond acceptors (Lipinski definition) is 7. The van der Waals surface area contributed by atoms with Crippen molar-refractivity contribution in [3.8, 4) is 11.5 Å². The first-order valence-electron chi connectivity index (χ1n) is 18.0. The van der Waals surface area contributed by atoms with E-state index in [0.717, 1.165) is 18.4 Å². The van der Waals surface area contributed by atoms with Crippen LogP contribution in [0.5, 0.6) is 11.5 Å². The van der Waals surface area contributed by atoms with Crippen molar-refractivity contribution in [1.82, 2.24) is 4.31 Å². The van der Waals surface area contributed by atoms with E-state index in [9.17, 15) is 36.6 Å². The van der Waals surface area contributed by atoms with Gasteiger partial charge in [0.1, 0.15) is 11.5 Å². The lowest BCUT2D eigenvalue weighted by atomic mass is 9.32. The maximum absolute atomic E-state index is 14.7. The van der Waals surface area contributed by atoms with Crippen LogP contribution in [0, 0.1) is 33.5 Å². The number of halogens is 3. The quantitative estimate of drug-likeness (QED) is 0.211. The van der Waals surface area contributed by atoms with Crippen molar-refractivity contribution in [2.24, 2.45) is 33.5 Å². The predicted octanol–water partition coefficient (Wildman–Crippen LogP) is 6.96. The van der Waals surface area contributed by atoms with Gasteiger partial charge in [0.25, 0.3) is 0 Å². The molecule has 8 nitrogen and oxygen atoms in total. The highest BCUT2D eigenvalue weighted by Crippen LogP contribution is 2.78. The Balaban J connectivity index is 1.32. The van der Waals surface area contributed by atoms with E-state index in [1.807, 2.05) is 13.0 Å². The molecule has 0 heterocycles. The van der Waals surface area contributed by atoms with Crippen LogP contribution in [0.3, 0.4) is 0 Å². The third-order valence-corrected chi connectivity index (χ3v) is 15.4. The molecule has 8 rings (SSSR count). The number of allylic oxidation sites excluding steroid dienone is 4. The summed E-state index contributed by atoms with van der Waals surface area (Å²) in [6.07, 6.45) is 5.74. The van der Waals surface area contributed by atoms with Gasteiger partial charge in [-0.15, -0.1) is 0 Å². The Labute approximate surface area is 303 Å². The van der Waals surface area contributed by atoms with Crippen molar-refractivity contribution >= 4 is 15.8 Å². The molecule has 2 N–H and O–H groups in total. The summed E-state index contributed by atoms with van der Waals surface area (Å²) >= 11 is 0. The fourth-order valence-electron chi connectivity index (χ4n) is 11.3. The smallest absolute Gasteiger partial charge is 0.416 e. The highest BCUT2D eigenvalue weighted by molar-refractivity contribution is 7.88. The van der Waals surface area contributed by atoms with Crippen molar-refractivity contribution in [1.29, 1.82) is 0 Å². The molecule has 282 valence electrons. The Bertz CT molecular complexity index is 1960. The summed E-state index contributed by atoms with van der Waals surface area (Å²) in [6.45, 7) is 3.98. The molecule has 2 aromatic rings. The van der Waals surface area contributed by atoms with Gasteiger partial charge in [-0.2, -0.15) is 17.5 Å². The Hall–Kier alpha value is -3.19. The lowest BCUT2D eigenvalue weighted by Gasteiger charge is -2.71. The van der Waals surface area contributed by atoms with Gasteiger partial charge in [-0.05, 0) is 80.4 Å². The molecule has 0 aliphatic heterocycles. The van der Waals surface area contributed by atoms with E-state index >= 15 is 0 Å². The molecule has 3 fully saturated rings. The van der Waals surface area contributed by atoms with Gasteiger partial charge in [-0.1, -0.05) is 50.3 Å². The summed E-state index contributed by atoms with van der Waals surface area (Å²) in [5.41, 5.74) is -4.21. The molecule has 0 amide bonds. The van der Waals surface area contributed by atoms with Crippen molar-refractivity contribution in [2.75, 3.05) is 27.0 Å². The Morgan fingerprint density at radius 2 is 1.65 bits per heavy atom. The minimum Gasteiger partial charge on any atom is -0.497 e. The van der Waals surface area contributed by atoms with Crippen molar-refractivity contribution in [3.05, 3.63) is 83.0 Å². The van der Waals surface area contributed by atoms with Crippen LogP contribution in [0.1, 0.15) is 80.3 Å². The van der Waals surface area contributed by atoms with Gasteiger partial charge in [-0.3, -0.25) is 4.79 Å². The number of benzene rings is 2. The first kappa shape index (κ1) is 37.1. The number of nitrogens with zero attached hydrogens (tertiary/aromatic N) is 1. The first-order valence-corrected chi connectivity index (χ1v) is 19.8. The number of carbonyl (C=O) groups excluding carboxylic acids is 1. The molecule has 0 saturated heterocycles. The number of fused-ring (bicyclic) bond motifs is 1. The number of methoxy groups -OCH3 is 2. The number of sulfonamides is 1. The average Bonchev–Trinajstić information content (AvgIpc) is 3.36. The topological polar surface area (TPSA) is 113 Å². The van der Waals surface area contributed by atoms with E-state index in [-0.39, 0.29) is 42.3 Å². The molecule has 6 aliphatic rings. The van der Waals surface area contributed by atoms with Crippen LogP contribution in [0.4, 0.5) is 13.2 Å². The Morgan fingerprint density at radius 1 is 0.962 bits per heavy atom. The second-order valence-corrected chi connectivity index (χ2v) is 18.4. The Morgan fingerprint density at radius 3 is 2.33 bits per heavy atom. The number of ketones is 1. The highest BCUT2D eigenvalue weighted by Gasteiger charge is 2.74. The maximum atomic E-state index is 14.7. The minimum atomic E-state index is -4.63. The van der Waals surface area contributed by atoms with Gasteiger partial charge < -0.3 is 19.7 Å². The molecule has 2 spiro atoms. The summed E-state index contributed by atoms with van der Waals surface area (Å²) < 4.78 is 80.6. The third kappa shape index (κ3) is 5.33. The lowest BCUT2D eigenvalue weighted by molar-refractivity contribution is -0.173. The minimum absolute atomic E-state index is 0.0508. The van der Waals surface area contributed by atoms with Crippen LogP contribution < -0.4 is 9.47 Å². The Kier molecular flexibility index (Phi) is 8.69. The number of hydrogen-bond donors (Lipinski definition) is 2. The van der Waals surface area contributed by atoms with E-state index in [0.29, 0.717) is 61.2 Å². The number of carbonyl (C=O) groups is 1. The van der Waals surface area contributed by atoms with E-state index in [2.05, 4.69) is 19.1 Å². The van der Waals surface area contributed by atoms with Gasteiger partial charge >= 0.3 is 6.18 Å². The molecule has 2 aromatic carbocycles. The number of Topliss-reactive ketones (excluding diaryl/α,β-unsaturated/α-hetero) is 1. The number of ether oxygens (including phenoxy) is 2. The monoisotopic (exact) mass is 743 g/mol. The van der Waals surface area contributed by atoms with Crippen LogP contribution >= 0.6 is 0 Å². The van der Waals surface area contributed by atoms with E-state index in [1.54, 1.807) is 18.2 Å². The molecule has 0 aromatic heterocycles. The normalized spacial score (nSPS) is 36.5. The third-order valence-electron chi connectivity index (χ3n) is 14.2. The molecule has 8 unspecified atom stereocenters. The molecule has 8 atom stereocenters. The van der Waals surface area contributed by atoms with Crippen molar-refractivity contribution < 1.29 is 46.1 Å². The number of aliphatic hydroxyl groups excluding tert-OH is 1. The molecule has 2 bridgehead atoms. The van der Waals surface area contributed by atoms with Gasteiger partial charge in [0.05, 0.1) is 37.7 Å². The number of aliphatic hydroxyl groups is 2. The molecular formula is C40H48F3NO7S. The van der Waals surface area contributed by atoms with Gasteiger partial charge in [0.2, 0.25) is 10.0 Å². The fraction of sp³-hybridized carbons (Fsp3) is 0.575. The van der Waals surface area contributed by atoms with Crippen LogP contribution in [-0.2, 0) is 22.7 Å². The van der Waals surface area contributed by atoms with E-state index in [1.165, 1.54) is 30.7 Å². The molecule has 12 heteroatoms. The molecule has 52 heavy (non-hydrogen) atoms. The number of alkyl halides is 3. The summed E-state index contributed by atoms with van der Waals surface area (Å²) in [7, 11) is -0.828. The number of rotatable bonds is 9. The standard InChI is InChI=1S/C40H48F3NO7S/c1-35-14-11-28(45)21-37(35)17-18-39(30(22-37)34(46)25-7-6-8-27(19-25)40(41,42)43)32(35)12-15-36(2)33(39)13-16-38(36,47)24-44(52(5,48)49)23-26-9-10-29(50-3)20-31(26)51-4/h6-10,17-20,22,28,32-33,45,47H,11-16,21,23-24H2,1-5H3. The second-order valence-electron chi connectivity index (χ2n) is 16.4. The molecule has 6 aliphatic carbocycles. The van der Waals surface area contributed by atoms with Gasteiger partial charge in [-0.25, -0.2) is 8.42 Å². The van der Waals surface area contributed by atoms with Crippen LogP contribution in [0.2, 0.25) is 0 Å². The summed E-state index contributed by atoms with van der Waals surface area (Å²) in [4.78, 5) is 14.7. The SMILES string of the molecule is COc1ccc(CN(CC2(O)CCC3C45C=CC6(C=C4C(=O)c4cccc(C(F)(F)F)c4)CC(O)CCC6(C)C5CCC32C)S(C)(=O)=O)c(OC)c1. The predicted molar refractivity (Wildman–Crippen MR) is 189 cm³/mol. The molecule has 3 saturated carbocycles. The summed E-state index contributed by atoms with van der Waals surface area (Å²) in [6, 6.07) is 9.69. The zero-order valence-electron chi connectivity index (χ0n) is 30.3. The van der Waals surface area contributed by atoms with E-state index < -0.39 is 55.5 Å².